The van der Waals surface area contributed by atoms with Crippen molar-refractivity contribution in [2.45, 2.75) is 64.1 Å². The molecule has 1 amide bonds. The van der Waals surface area contributed by atoms with Gasteiger partial charge in [0.25, 0.3) is 5.89 Å². The Bertz CT molecular complexity index is 1000. The van der Waals surface area contributed by atoms with Gasteiger partial charge in [-0.3, -0.25) is 14.4 Å². The molecule has 2 atom stereocenters. The molecule has 0 unspecified atom stereocenters. The molecule has 2 aromatic heterocycles. The van der Waals surface area contributed by atoms with Crippen molar-refractivity contribution < 1.29 is 36.7 Å². The van der Waals surface area contributed by atoms with E-state index < -0.39 is 18.3 Å². The van der Waals surface area contributed by atoms with Crippen molar-refractivity contribution in [2.24, 2.45) is 7.05 Å². The molecule has 1 aliphatic heterocycles. The molecule has 0 saturated heterocycles. The van der Waals surface area contributed by atoms with Crippen molar-refractivity contribution in [3.63, 3.8) is 0 Å². The van der Waals surface area contributed by atoms with Gasteiger partial charge in [0.05, 0.1) is 17.1 Å². The maximum absolute atomic E-state index is 13.3. The zero-order valence-corrected chi connectivity index (χ0v) is 18.2. The van der Waals surface area contributed by atoms with Gasteiger partial charge in [-0.1, -0.05) is 0 Å². The molecule has 4 rings (SSSR count). The highest BCUT2D eigenvalue weighted by molar-refractivity contribution is 5.90. The first-order chi connectivity index (χ1) is 15.4. The molecule has 1 aliphatic carbocycles. The Morgan fingerprint density at radius 1 is 1.33 bits per heavy atom. The molecule has 2 aliphatic rings. The van der Waals surface area contributed by atoms with Gasteiger partial charge >= 0.3 is 18.1 Å². The van der Waals surface area contributed by atoms with E-state index >= 15 is 0 Å². The number of alkyl halides is 4. The van der Waals surface area contributed by atoms with Crippen LogP contribution in [0.2, 0.25) is 0 Å². The quantitative estimate of drug-likeness (QED) is 0.654. The van der Waals surface area contributed by atoms with E-state index in [1.54, 1.807) is 0 Å². The first-order valence-electron chi connectivity index (χ1n) is 10.4. The number of halogens is 4. The Balaban J connectivity index is 0.000000383. The zero-order chi connectivity index (χ0) is 24.3. The van der Waals surface area contributed by atoms with E-state index in [1.807, 2.05) is 18.7 Å². The lowest BCUT2D eigenvalue weighted by Gasteiger charge is -2.24. The van der Waals surface area contributed by atoms with E-state index in [0.717, 1.165) is 42.4 Å². The number of carbonyl (C=O) groups excluding carboxylic acids is 1. The topological polar surface area (TPSA) is 113 Å². The molecule has 13 heteroatoms. The predicted octanol–water partition coefficient (Wildman–Crippen LogP) is 2.53. The first-order valence-corrected chi connectivity index (χ1v) is 10.4. The standard InChI is InChI=1S/C18H24FN5O2.C2HF3O2/c1-11-7-14(23(2)22-11)9-24-6-5-16-15(10-24)21-18(26-16)17(25)20-13-4-3-12(19)8-13;3-2(4,5)1(6)7/h7,12-13H,3-6,8-10H2,1-2H3,(H,20,25);(H,6,7)/t12-,13-;/m1./s1. The smallest absolute Gasteiger partial charge is 0.475 e. The summed E-state index contributed by atoms with van der Waals surface area (Å²) in [4.78, 5) is 27.9. The van der Waals surface area contributed by atoms with Crippen LogP contribution in [0.1, 0.15) is 52.8 Å². The minimum Gasteiger partial charge on any atom is -0.475 e. The average molecular weight is 475 g/mol. The molecule has 3 heterocycles. The van der Waals surface area contributed by atoms with Crippen LogP contribution >= 0.6 is 0 Å². The number of carboxylic acid groups (broad SMARTS) is 1. The Morgan fingerprint density at radius 3 is 2.58 bits per heavy atom. The summed E-state index contributed by atoms with van der Waals surface area (Å²) in [6.45, 7) is 4.26. The van der Waals surface area contributed by atoms with Crippen LogP contribution in [-0.2, 0) is 31.4 Å². The summed E-state index contributed by atoms with van der Waals surface area (Å²) < 4.78 is 52.6. The molecule has 0 bridgehead atoms. The van der Waals surface area contributed by atoms with Gasteiger partial charge < -0.3 is 14.8 Å². The lowest BCUT2D eigenvalue weighted by Crippen LogP contribution is -2.33. The van der Waals surface area contributed by atoms with Crippen LogP contribution < -0.4 is 5.32 Å². The molecule has 0 spiro atoms. The molecule has 9 nitrogen and oxygen atoms in total. The second kappa shape index (κ2) is 9.89. The molecule has 33 heavy (non-hydrogen) atoms. The lowest BCUT2D eigenvalue weighted by molar-refractivity contribution is -0.192. The fourth-order valence-electron chi connectivity index (χ4n) is 3.83. The number of fused-ring (bicyclic) bond motifs is 1. The van der Waals surface area contributed by atoms with Crippen LogP contribution in [0.25, 0.3) is 0 Å². The number of hydrogen-bond acceptors (Lipinski definition) is 6. The molecule has 2 N–H and O–H groups in total. The third kappa shape index (κ3) is 6.53. The fraction of sp³-hybridized carbons (Fsp3) is 0.600. The number of hydrogen-bond donors (Lipinski definition) is 2. The third-order valence-electron chi connectivity index (χ3n) is 5.43. The Kier molecular flexibility index (Phi) is 7.40. The third-order valence-corrected chi connectivity index (χ3v) is 5.43. The Morgan fingerprint density at radius 2 is 2.03 bits per heavy atom. The van der Waals surface area contributed by atoms with Crippen molar-refractivity contribution in [3.05, 3.63) is 34.8 Å². The molecule has 0 radical (unpaired) electrons. The molecule has 1 fully saturated rings. The van der Waals surface area contributed by atoms with Crippen LogP contribution in [0.5, 0.6) is 0 Å². The summed E-state index contributed by atoms with van der Waals surface area (Å²) >= 11 is 0. The second-order valence-corrected chi connectivity index (χ2v) is 8.13. The van der Waals surface area contributed by atoms with Gasteiger partial charge in [-0.05, 0) is 32.3 Å². The highest BCUT2D eigenvalue weighted by atomic mass is 19.4. The summed E-state index contributed by atoms with van der Waals surface area (Å²) in [6.07, 6.45) is -3.62. The number of nitrogens with zero attached hydrogens (tertiary/aromatic N) is 4. The van der Waals surface area contributed by atoms with Gasteiger partial charge in [0, 0.05) is 39.1 Å². The average Bonchev–Trinajstić information content (AvgIpc) is 3.40. The van der Waals surface area contributed by atoms with Crippen molar-refractivity contribution in [1.82, 2.24) is 25.0 Å². The number of carboxylic acids is 1. The number of aryl methyl sites for hydroxylation is 2. The van der Waals surface area contributed by atoms with Crippen molar-refractivity contribution >= 4 is 11.9 Å². The van der Waals surface area contributed by atoms with Gasteiger partial charge in [0.1, 0.15) is 11.9 Å². The summed E-state index contributed by atoms with van der Waals surface area (Å²) in [7, 11) is 1.95. The molecule has 1 saturated carbocycles. The Hall–Kier alpha value is -2.96. The van der Waals surface area contributed by atoms with E-state index in [0.29, 0.717) is 25.8 Å². The van der Waals surface area contributed by atoms with Crippen LogP contribution in [0, 0.1) is 6.92 Å². The largest absolute Gasteiger partial charge is 0.490 e. The van der Waals surface area contributed by atoms with E-state index in [9.17, 15) is 22.4 Å². The first kappa shape index (κ1) is 24.7. The molecule has 182 valence electrons. The van der Waals surface area contributed by atoms with Gasteiger partial charge in [0.15, 0.2) is 0 Å². The number of oxazole rings is 1. The highest BCUT2D eigenvalue weighted by Crippen LogP contribution is 2.24. The maximum atomic E-state index is 13.3. The molecular formula is C20H25F4N5O4. The van der Waals surface area contributed by atoms with E-state index in [-0.39, 0.29) is 17.8 Å². The maximum Gasteiger partial charge on any atom is 0.490 e. The SMILES string of the molecule is Cc1cc(CN2CCc3oc(C(=O)N[C@@H]4CC[C@@H](F)C4)nc3C2)n(C)n1.O=C(O)C(F)(F)F. The number of aromatic nitrogens is 3. The van der Waals surface area contributed by atoms with Gasteiger partial charge in [0.2, 0.25) is 0 Å². The fourth-order valence-corrected chi connectivity index (χ4v) is 3.83. The second-order valence-electron chi connectivity index (χ2n) is 8.13. The molecular weight excluding hydrogens is 450 g/mol. The van der Waals surface area contributed by atoms with Crippen molar-refractivity contribution in [1.29, 1.82) is 0 Å². The predicted molar refractivity (Wildman–Crippen MR) is 106 cm³/mol. The minimum absolute atomic E-state index is 0.0931. The van der Waals surface area contributed by atoms with E-state index in [4.69, 9.17) is 14.3 Å². The Labute approximate surface area is 186 Å². The van der Waals surface area contributed by atoms with Gasteiger partial charge in [-0.25, -0.2) is 14.2 Å². The van der Waals surface area contributed by atoms with Crippen molar-refractivity contribution in [2.75, 3.05) is 6.54 Å². The zero-order valence-electron chi connectivity index (χ0n) is 18.2. The summed E-state index contributed by atoms with van der Waals surface area (Å²) in [5.74, 6) is -2.22. The van der Waals surface area contributed by atoms with E-state index in [2.05, 4.69) is 26.4 Å². The van der Waals surface area contributed by atoms with Crippen LogP contribution in [-0.4, -0.2) is 61.6 Å². The molecule has 0 aromatic carbocycles. The normalized spacial score (nSPS) is 20.7. The number of nitrogens with one attached hydrogen (secondary N) is 1. The van der Waals surface area contributed by atoms with Crippen LogP contribution in [0.4, 0.5) is 17.6 Å². The van der Waals surface area contributed by atoms with Gasteiger partial charge in [-0.15, -0.1) is 0 Å². The summed E-state index contributed by atoms with van der Waals surface area (Å²) in [5, 5.41) is 14.3. The van der Waals surface area contributed by atoms with Crippen LogP contribution in [0.3, 0.4) is 0 Å². The highest BCUT2D eigenvalue weighted by Gasteiger charge is 2.38. The summed E-state index contributed by atoms with van der Waals surface area (Å²) in [5.41, 5.74) is 2.97. The van der Waals surface area contributed by atoms with E-state index in [1.165, 1.54) is 0 Å². The lowest BCUT2D eigenvalue weighted by atomic mass is 10.1. The van der Waals surface area contributed by atoms with Crippen LogP contribution in [0.15, 0.2) is 10.5 Å². The number of amides is 1. The minimum atomic E-state index is -5.08. The number of rotatable bonds is 4. The summed E-state index contributed by atoms with van der Waals surface area (Å²) in [6, 6.07) is 1.96. The van der Waals surface area contributed by atoms with Gasteiger partial charge in [-0.2, -0.15) is 18.3 Å². The number of carbonyl (C=O) groups is 2. The number of aliphatic carboxylic acids is 1. The molecule has 2 aromatic rings. The monoisotopic (exact) mass is 475 g/mol. The van der Waals surface area contributed by atoms with Crippen molar-refractivity contribution in [3.8, 4) is 0 Å².